The standard InChI is InChI=1S/C23H29BO2/c1-7-23(8-2)19-12-10-9-11-17(19)18-14-13-16(15-20(18)23)24-25-21(3,4)22(5,6)26-24/h9-15H,7-8H2,1-6H3. The van der Waals surface area contributed by atoms with Gasteiger partial charge in [-0.05, 0) is 68.3 Å². The molecular formula is C23H29BO2. The molecule has 1 aliphatic heterocycles. The molecule has 1 heterocycles. The van der Waals surface area contributed by atoms with Gasteiger partial charge in [0.1, 0.15) is 0 Å². The van der Waals surface area contributed by atoms with E-state index < -0.39 is 0 Å². The van der Waals surface area contributed by atoms with E-state index >= 15 is 0 Å². The summed E-state index contributed by atoms with van der Waals surface area (Å²) in [7, 11) is -0.305. The fourth-order valence-corrected chi connectivity index (χ4v) is 4.61. The summed E-state index contributed by atoms with van der Waals surface area (Å²) >= 11 is 0. The molecule has 1 saturated heterocycles. The normalized spacial score (nSPS) is 21.5. The molecule has 0 N–H and O–H groups in total. The number of hydrogen-bond acceptors (Lipinski definition) is 2. The number of hydrogen-bond donors (Lipinski definition) is 0. The molecule has 0 aromatic heterocycles. The van der Waals surface area contributed by atoms with Crippen molar-refractivity contribution in [2.75, 3.05) is 0 Å². The van der Waals surface area contributed by atoms with E-state index in [0.29, 0.717) is 0 Å². The predicted octanol–water partition coefficient (Wildman–Crippen LogP) is 5.07. The van der Waals surface area contributed by atoms with Crippen molar-refractivity contribution in [1.29, 1.82) is 0 Å². The Morgan fingerprint density at radius 1 is 0.769 bits per heavy atom. The van der Waals surface area contributed by atoms with Crippen LogP contribution >= 0.6 is 0 Å². The molecule has 2 aromatic rings. The number of benzene rings is 2. The van der Waals surface area contributed by atoms with Gasteiger partial charge < -0.3 is 9.31 Å². The minimum Gasteiger partial charge on any atom is -0.399 e. The summed E-state index contributed by atoms with van der Waals surface area (Å²) < 4.78 is 12.6. The van der Waals surface area contributed by atoms with E-state index in [-0.39, 0.29) is 23.7 Å². The van der Waals surface area contributed by atoms with Gasteiger partial charge in [0.2, 0.25) is 0 Å². The first kappa shape index (κ1) is 17.8. The molecule has 1 fully saturated rings. The van der Waals surface area contributed by atoms with E-state index in [2.05, 4.69) is 84.0 Å². The molecule has 0 radical (unpaired) electrons. The van der Waals surface area contributed by atoms with Crippen molar-refractivity contribution in [3.8, 4) is 11.1 Å². The minimum absolute atomic E-state index is 0.0889. The molecule has 1 aliphatic carbocycles. The summed E-state index contributed by atoms with van der Waals surface area (Å²) in [6.07, 6.45) is 2.20. The SMILES string of the molecule is CCC1(CC)c2ccccc2-c2ccc(B3OC(C)(C)C(C)(C)O3)cc21. The highest BCUT2D eigenvalue weighted by Gasteiger charge is 2.52. The van der Waals surface area contributed by atoms with Crippen LogP contribution in [-0.2, 0) is 14.7 Å². The van der Waals surface area contributed by atoms with Gasteiger partial charge in [-0.2, -0.15) is 0 Å². The van der Waals surface area contributed by atoms with Crippen molar-refractivity contribution in [2.45, 2.75) is 71.0 Å². The van der Waals surface area contributed by atoms with Gasteiger partial charge in [-0.25, -0.2) is 0 Å². The van der Waals surface area contributed by atoms with Gasteiger partial charge in [0.05, 0.1) is 11.2 Å². The van der Waals surface area contributed by atoms with E-state index in [1.807, 2.05) is 0 Å². The quantitative estimate of drug-likeness (QED) is 0.721. The number of rotatable bonds is 3. The summed E-state index contributed by atoms with van der Waals surface area (Å²) in [4.78, 5) is 0. The average molecular weight is 348 g/mol. The summed E-state index contributed by atoms with van der Waals surface area (Å²) in [6.45, 7) is 13.0. The molecule has 0 amide bonds. The van der Waals surface area contributed by atoms with Crippen LogP contribution in [-0.4, -0.2) is 18.3 Å². The second-order valence-corrected chi connectivity index (χ2v) is 8.73. The Kier molecular flexibility index (Phi) is 3.91. The van der Waals surface area contributed by atoms with Crippen LogP contribution in [0.1, 0.15) is 65.5 Å². The Hall–Kier alpha value is -1.58. The first-order valence-electron chi connectivity index (χ1n) is 9.86. The summed E-state index contributed by atoms with van der Waals surface area (Å²) in [6, 6.07) is 15.7. The lowest BCUT2D eigenvalue weighted by Gasteiger charge is -2.32. The zero-order valence-corrected chi connectivity index (χ0v) is 16.8. The summed E-state index contributed by atoms with van der Waals surface area (Å²) in [5.41, 5.74) is 6.23. The zero-order chi connectivity index (χ0) is 18.7. The largest absolute Gasteiger partial charge is 0.494 e. The highest BCUT2D eigenvalue weighted by molar-refractivity contribution is 6.62. The maximum absolute atomic E-state index is 6.30. The van der Waals surface area contributed by atoms with E-state index in [4.69, 9.17) is 9.31 Å². The molecule has 2 aliphatic rings. The Balaban J connectivity index is 1.83. The lowest BCUT2D eigenvalue weighted by molar-refractivity contribution is 0.00578. The van der Waals surface area contributed by atoms with Gasteiger partial charge in [0.15, 0.2) is 0 Å². The van der Waals surface area contributed by atoms with E-state index in [1.165, 1.54) is 22.3 Å². The molecule has 0 atom stereocenters. The smallest absolute Gasteiger partial charge is 0.399 e. The Labute approximate surface area is 158 Å². The first-order valence-corrected chi connectivity index (χ1v) is 9.86. The minimum atomic E-state index is -0.313. The predicted molar refractivity (Wildman–Crippen MR) is 109 cm³/mol. The highest BCUT2D eigenvalue weighted by Crippen LogP contribution is 2.52. The molecule has 136 valence electrons. The van der Waals surface area contributed by atoms with E-state index in [9.17, 15) is 0 Å². The van der Waals surface area contributed by atoms with Crippen molar-refractivity contribution in [2.24, 2.45) is 0 Å². The Morgan fingerprint density at radius 2 is 1.35 bits per heavy atom. The molecule has 2 nitrogen and oxygen atoms in total. The van der Waals surface area contributed by atoms with E-state index in [0.717, 1.165) is 18.3 Å². The van der Waals surface area contributed by atoms with E-state index in [1.54, 1.807) is 0 Å². The van der Waals surface area contributed by atoms with Crippen LogP contribution in [0.2, 0.25) is 0 Å². The van der Waals surface area contributed by atoms with Crippen LogP contribution < -0.4 is 5.46 Å². The first-order chi connectivity index (χ1) is 12.3. The van der Waals surface area contributed by atoms with Crippen molar-refractivity contribution in [1.82, 2.24) is 0 Å². The number of fused-ring (bicyclic) bond motifs is 3. The third-order valence-electron chi connectivity index (χ3n) is 7.02. The second-order valence-electron chi connectivity index (χ2n) is 8.73. The van der Waals surface area contributed by atoms with Crippen LogP contribution in [0, 0.1) is 0 Å². The topological polar surface area (TPSA) is 18.5 Å². The van der Waals surface area contributed by atoms with Crippen LogP contribution in [0.5, 0.6) is 0 Å². The van der Waals surface area contributed by atoms with Gasteiger partial charge in [0, 0.05) is 5.41 Å². The maximum atomic E-state index is 6.30. The second kappa shape index (κ2) is 5.71. The van der Waals surface area contributed by atoms with Crippen LogP contribution in [0.15, 0.2) is 42.5 Å². The molecule has 0 spiro atoms. The van der Waals surface area contributed by atoms with Crippen molar-refractivity contribution in [3.63, 3.8) is 0 Å². The van der Waals surface area contributed by atoms with Crippen LogP contribution in [0.4, 0.5) is 0 Å². The Bertz CT molecular complexity index is 833. The van der Waals surface area contributed by atoms with Gasteiger partial charge in [-0.1, -0.05) is 56.3 Å². The highest BCUT2D eigenvalue weighted by atomic mass is 16.7. The van der Waals surface area contributed by atoms with Crippen LogP contribution in [0.3, 0.4) is 0 Å². The van der Waals surface area contributed by atoms with Gasteiger partial charge in [-0.15, -0.1) is 0 Å². The molecule has 2 aromatic carbocycles. The van der Waals surface area contributed by atoms with Gasteiger partial charge in [0.25, 0.3) is 0 Å². The zero-order valence-electron chi connectivity index (χ0n) is 16.8. The molecule has 3 heteroatoms. The lowest BCUT2D eigenvalue weighted by atomic mass is 9.71. The van der Waals surface area contributed by atoms with Crippen LogP contribution in [0.25, 0.3) is 11.1 Å². The third-order valence-corrected chi connectivity index (χ3v) is 7.02. The Morgan fingerprint density at radius 3 is 1.96 bits per heavy atom. The van der Waals surface area contributed by atoms with Gasteiger partial charge in [-0.3, -0.25) is 0 Å². The molecule has 26 heavy (non-hydrogen) atoms. The third kappa shape index (κ3) is 2.26. The van der Waals surface area contributed by atoms with Crippen molar-refractivity contribution in [3.05, 3.63) is 53.6 Å². The summed E-state index contributed by atoms with van der Waals surface area (Å²) in [5.74, 6) is 0. The fraction of sp³-hybridized carbons (Fsp3) is 0.478. The molecule has 0 saturated carbocycles. The average Bonchev–Trinajstić information content (AvgIpc) is 3.02. The molecular weight excluding hydrogens is 319 g/mol. The molecule has 0 bridgehead atoms. The van der Waals surface area contributed by atoms with Crippen molar-refractivity contribution >= 4 is 12.6 Å². The molecule has 4 rings (SSSR count). The van der Waals surface area contributed by atoms with Gasteiger partial charge >= 0.3 is 7.12 Å². The monoisotopic (exact) mass is 348 g/mol. The summed E-state index contributed by atoms with van der Waals surface area (Å²) in [5, 5.41) is 0. The molecule has 0 unspecified atom stereocenters. The maximum Gasteiger partial charge on any atom is 0.494 e. The van der Waals surface area contributed by atoms with Crippen molar-refractivity contribution < 1.29 is 9.31 Å². The fourth-order valence-electron chi connectivity index (χ4n) is 4.61. The lowest BCUT2D eigenvalue weighted by Crippen LogP contribution is -2.41.